The zero-order chi connectivity index (χ0) is 11.8. The molecule has 1 aromatic carbocycles. The number of hydrogen-bond acceptors (Lipinski definition) is 2. The van der Waals surface area contributed by atoms with Gasteiger partial charge in [-0.1, -0.05) is 0 Å². The SMILES string of the molecule is Nc1ccc(-c2c[nH]c3cc(F)ccc23)cn1. The van der Waals surface area contributed by atoms with Crippen LogP contribution in [-0.4, -0.2) is 9.97 Å². The monoisotopic (exact) mass is 227 g/mol. The lowest BCUT2D eigenvalue weighted by atomic mass is 10.1. The van der Waals surface area contributed by atoms with Crippen LogP contribution < -0.4 is 5.73 Å². The van der Waals surface area contributed by atoms with Gasteiger partial charge in [0.05, 0.1) is 0 Å². The van der Waals surface area contributed by atoms with Gasteiger partial charge >= 0.3 is 0 Å². The topological polar surface area (TPSA) is 54.7 Å². The van der Waals surface area contributed by atoms with Crippen LogP contribution in [0.25, 0.3) is 22.0 Å². The van der Waals surface area contributed by atoms with Crippen LogP contribution in [0.15, 0.2) is 42.7 Å². The Morgan fingerprint density at radius 1 is 1.18 bits per heavy atom. The summed E-state index contributed by atoms with van der Waals surface area (Å²) in [5.74, 6) is 0.237. The number of fused-ring (bicyclic) bond motifs is 1. The van der Waals surface area contributed by atoms with Crippen molar-refractivity contribution in [3.63, 3.8) is 0 Å². The zero-order valence-corrected chi connectivity index (χ0v) is 8.94. The summed E-state index contributed by atoms with van der Waals surface area (Å²) in [7, 11) is 0. The standard InChI is InChI=1S/C13H10FN3/c14-9-2-3-10-11(7-16-12(10)5-9)8-1-4-13(15)17-6-8/h1-7,16H,(H2,15,17). The number of H-pyrrole nitrogens is 1. The lowest BCUT2D eigenvalue weighted by molar-refractivity contribution is 0.629. The molecule has 0 amide bonds. The number of hydrogen-bond donors (Lipinski definition) is 2. The van der Waals surface area contributed by atoms with E-state index in [1.54, 1.807) is 18.3 Å². The summed E-state index contributed by atoms with van der Waals surface area (Å²) in [5, 5.41) is 0.970. The molecule has 0 aliphatic heterocycles. The third kappa shape index (κ3) is 1.63. The molecular formula is C13H10FN3. The van der Waals surface area contributed by atoms with Crippen molar-refractivity contribution >= 4 is 16.7 Å². The highest BCUT2D eigenvalue weighted by Gasteiger charge is 2.06. The Kier molecular flexibility index (Phi) is 2.08. The lowest BCUT2D eigenvalue weighted by Gasteiger charge is -1.99. The molecule has 0 saturated carbocycles. The molecular weight excluding hydrogens is 217 g/mol. The third-order valence-electron chi connectivity index (χ3n) is 2.74. The second-order valence-electron chi connectivity index (χ2n) is 3.86. The van der Waals surface area contributed by atoms with E-state index in [0.29, 0.717) is 5.82 Å². The van der Waals surface area contributed by atoms with Gasteiger partial charge in [0.1, 0.15) is 11.6 Å². The van der Waals surface area contributed by atoms with Crippen LogP contribution in [0.3, 0.4) is 0 Å². The van der Waals surface area contributed by atoms with E-state index < -0.39 is 0 Å². The second kappa shape index (κ2) is 3.59. The number of nitrogen functional groups attached to an aromatic ring is 1. The number of aromatic nitrogens is 2. The first-order valence-electron chi connectivity index (χ1n) is 5.22. The second-order valence-corrected chi connectivity index (χ2v) is 3.86. The van der Waals surface area contributed by atoms with Crippen LogP contribution in [0.4, 0.5) is 10.2 Å². The first kappa shape index (κ1) is 9.84. The maximum Gasteiger partial charge on any atom is 0.125 e. The quantitative estimate of drug-likeness (QED) is 0.671. The highest BCUT2D eigenvalue weighted by Crippen LogP contribution is 2.28. The lowest BCUT2D eigenvalue weighted by Crippen LogP contribution is -1.88. The Balaban J connectivity index is 2.21. The van der Waals surface area contributed by atoms with Gasteiger partial charge in [-0.25, -0.2) is 9.37 Å². The highest BCUT2D eigenvalue weighted by atomic mass is 19.1. The summed E-state index contributed by atoms with van der Waals surface area (Å²) in [6.45, 7) is 0. The first-order chi connectivity index (χ1) is 8.24. The number of nitrogens with two attached hydrogens (primary N) is 1. The number of benzene rings is 1. The van der Waals surface area contributed by atoms with E-state index in [4.69, 9.17) is 5.73 Å². The largest absolute Gasteiger partial charge is 0.384 e. The molecule has 3 aromatic rings. The molecule has 3 nitrogen and oxygen atoms in total. The van der Waals surface area contributed by atoms with Crippen molar-refractivity contribution in [2.75, 3.05) is 5.73 Å². The average molecular weight is 227 g/mol. The predicted octanol–water partition coefficient (Wildman–Crippen LogP) is 2.95. The summed E-state index contributed by atoms with van der Waals surface area (Å²) in [6.07, 6.45) is 3.55. The Morgan fingerprint density at radius 3 is 2.82 bits per heavy atom. The van der Waals surface area contributed by atoms with Crippen LogP contribution >= 0.6 is 0 Å². The van der Waals surface area contributed by atoms with Crippen molar-refractivity contribution in [1.82, 2.24) is 9.97 Å². The Bertz CT molecular complexity index is 671. The molecule has 0 bridgehead atoms. The van der Waals surface area contributed by atoms with Crippen LogP contribution in [0, 0.1) is 5.82 Å². The van der Waals surface area contributed by atoms with Crippen LogP contribution in [0.5, 0.6) is 0 Å². The zero-order valence-electron chi connectivity index (χ0n) is 8.94. The van der Waals surface area contributed by atoms with Gasteiger partial charge in [0, 0.05) is 34.4 Å². The summed E-state index contributed by atoms with van der Waals surface area (Å²) in [4.78, 5) is 7.09. The van der Waals surface area contributed by atoms with Crippen molar-refractivity contribution in [2.24, 2.45) is 0 Å². The smallest absolute Gasteiger partial charge is 0.125 e. The van der Waals surface area contributed by atoms with Gasteiger partial charge in [-0.15, -0.1) is 0 Å². The van der Waals surface area contributed by atoms with Gasteiger partial charge in [-0.05, 0) is 30.3 Å². The maximum absolute atomic E-state index is 13.1. The van der Waals surface area contributed by atoms with E-state index in [1.807, 2.05) is 12.3 Å². The number of halogens is 1. The predicted molar refractivity (Wildman–Crippen MR) is 65.9 cm³/mol. The molecule has 2 aromatic heterocycles. The molecule has 0 spiro atoms. The molecule has 0 radical (unpaired) electrons. The van der Waals surface area contributed by atoms with Gasteiger partial charge in [0.2, 0.25) is 0 Å². The van der Waals surface area contributed by atoms with E-state index in [2.05, 4.69) is 9.97 Å². The number of nitrogens with one attached hydrogen (secondary N) is 1. The molecule has 0 aliphatic carbocycles. The van der Waals surface area contributed by atoms with Crippen molar-refractivity contribution in [2.45, 2.75) is 0 Å². The fraction of sp³-hybridized carbons (Fsp3) is 0. The summed E-state index contributed by atoms with van der Waals surface area (Å²) in [6, 6.07) is 8.33. The van der Waals surface area contributed by atoms with E-state index in [0.717, 1.165) is 22.0 Å². The average Bonchev–Trinajstić information content (AvgIpc) is 2.73. The molecule has 0 unspecified atom stereocenters. The molecule has 4 heteroatoms. The van der Waals surface area contributed by atoms with E-state index in [1.165, 1.54) is 12.1 Å². The first-order valence-corrected chi connectivity index (χ1v) is 5.22. The van der Waals surface area contributed by atoms with Gasteiger partial charge in [0.15, 0.2) is 0 Å². The molecule has 0 atom stereocenters. The Hall–Kier alpha value is -2.36. The molecule has 3 N–H and O–H groups in total. The fourth-order valence-electron chi connectivity index (χ4n) is 1.90. The normalized spacial score (nSPS) is 10.9. The highest BCUT2D eigenvalue weighted by molar-refractivity contribution is 5.95. The minimum Gasteiger partial charge on any atom is -0.384 e. The van der Waals surface area contributed by atoms with Crippen molar-refractivity contribution in [1.29, 1.82) is 0 Å². The van der Waals surface area contributed by atoms with Gasteiger partial charge in [-0.3, -0.25) is 0 Å². The summed E-state index contributed by atoms with van der Waals surface area (Å²) in [5.41, 5.74) is 8.27. The fourth-order valence-corrected chi connectivity index (χ4v) is 1.90. The third-order valence-corrected chi connectivity index (χ3v) is 2.74. The molecule has 84 valence electrons. The molecule has 0 fully saturated rings. The molecule has 17 heavy (non-hydrogen) atoms. The van der Waals surface area contributed by atoms with Gasteiger partial charge in [-0.2, -0.15) is 0 Å². The molecule has 0 saturated heterocycles. The van der Waals surface area contributed by atoms with Crippen LogP contribution in [0.2, 0.25) is 0 Å². The van der Waals surface area contributed by atoms with Gasteiger partial charge in [0.25, 0.3) is 0 Å². The number of nitrogens with zero attached hydrogens (tertiary/aromatic N) is 1. The van der Waals surface area contributed by atoms with Crippen LogP contribution in [0.1, 0.15) is 0 Å². The number of aromatic amines is 1. The Morgan fingerprint density at radius 2 is 2.06 bits per heavy atom. The minimum atomic E-state index is -0.249. The number of anilines is 1. The Labute approximate surface area is 97.1 Å². The summed E-state index contributed by atoms with van der Waals surface area (Å²) < 4.78 is 13.1. The maximum atomic E-state index is 13.1. The number of pyridine rings is 1. The van der Waals surface area contributed by atoms with Crippen molar-refractivity contribution < 1.29 is 4.39 Å². The van der Waals surface area contributed by atoms with E-state index in [9.17, 15) is 4.39 Å². The summed E-state index contributed by atoms with van der Waals surface area (Å²) >= 11 is 0. The molecule has 2 heterocycles. The van der Waals surface area contributed by atoms with Crippen LogP contribution in [-0.2, 0) is 0 Å². The molecule has 0 aliphatic rings. The van der Waals surface area contributed by atoms with Crippen molar-refractivity contribution in [3.8, 4) is 11.1 Å². The minimum absolute atomic E-state index is 0.249. The number of rotatable bonds is 1. The molecule has 3 rings (SSSR count). The van der Waals surface area contributed by atoms with E-state index in [-0.39, 0.29) is 5.82 Å². The van der Waals surface area contributed by atoms with Gasteiger partial charge < -0.3 is 10.7 Å². The van der Waals surface area contributed by atoms with E-state index >= 15 is 0 Å². The van der Waals surface area contributed by atoms with Crippen molar-refractivity contribution in [3.05, 3.63) is 48.5 Å².